The molecule has 116 valence electrons. The second kappa shape index (κ2) is 7.70. The molecule has 1 aromatic rings. The summed E-state index contributed by atoms with van der Waals surface area (Å²) < 4.78 is 0. The molecule has 8 nitrogen and oxygen atoms in total. The van der Waals surface area contributed by atoms with Gasteiger partial charge in [-0.15, -0.1) is 0 Å². The molecule has 0 heterocycles. The van der Waals surface area contributed by atoms with Crippen LogP contribution in [0.1, 0.15) is 10.4 Å². The number of aliphatic hydroxyl groups is 4. The van der Waals surface area contributed by atoms with Gasteiger partial charge in [-0.2, -0.15) is 0 Å². The van der Waals surface area contributed by atoms with E-state index < -0.39 is 43.2 Å². The molecule has 0 bridgehead atoms. The van der Waals surface area contributed by atoms with Crippen molar-refractivity contribution in [1.82, 2.24) is 0 Å². The van der Waals surface area contributed by atoms with Crippen molar-refractivity contribution in [2.45, 2.75) is 18.3 Å². The van der Waals surface area contributed by atoms with Gasteiger partial charge in [-0.25, -0.2) is 4.79 Å². The van der Waals surface area contributed by atoms with E-state index in [0.717, 1.165) is 0 Å². The molecule has 8 heteroatoms. The molecule has 0 aliphatic heterocycles. The molecule has 0 amide bonds. The fourth-order valence-corrected chi connectivity index (χ4v) is 1.62. The van der Waals surface area contributed by atoms with Crippen LogP contribution in [-0.4, -0.2) is 68.7 Å². The Bertz CT molecular complexity index is 505. The summed E-state index contributed by atoms with van der Waals surface area (Å²) in [5.74, 6) is -2.03. The predicted molar refractivity (Wildman–Crippen MR) is 72.0 cm³/mol. The largest absolute Gasteiger partial charge is 0.478 e. The summed E-state index contributed by atoms with van der Waals surface area (Å²) in [7, 11) is 0. The Morgan fingerprint density at radius 1 is 1.14 bits per heavy atom. The summed E-state index contributed by atoms with van der Waals surface area (Å²) in [4.78, 5) is 22.6. The number of rotatable bonds is 8. The molecular weight excluding hydrogens is 282 g/mol. The third kappa shape index (κ3) is 4.50. The van der Waals surface area contributed by atoms with Crippen LogP contribution in [0.4, 0.5) is 5.69 Å². The molecule has 1 rings (SSSR count). The monoisotopic (exact) mass is 299 g/mol. The third-order valence-corrected chi connectivity index (χ3v) is 2.85. The summed E-state index contributed by atoms with van der Waals surface area (Å²) in [6.45, 7) is -1.25. The van der Waals surface area contributed by atoms with Gasteiger partial charge in [0.15, 0.2) is 5.78 Å². The van der Waals surface area contributed by atoms with Crippen molar-refractivity contribution in [2.75, 3.05) is 18.5 Å². The topological polar surface area (TPSA) is 147 Å². The number of anilines is 1. The quantitative estimate of drug-likeness (QED) is 0.338. The highest BCUT2D eigenvalue weighted by molar-refractivity contribution is 5.95. The van der Waals surface area contributed by atoms with Gasteiger partial charge in [0.25, 0.3) is 0 Å². The first-order valence-corrected chi connectivity index (χ1v) is 6.12. The number of para-hydroxylation sites is 1. The number of carbonyl (C=O) groups excluding carboxylic acids is 1. The highest BCUT2D eigenvalue weighted by Gasteiger charge is 2.29. The Labute approximate surface area is 120 Å². The van der Waals surface area contributed by atoms with Gasteiger partial charge in [-0.1, -0.05) is 12.1 Å². The molecule has 0 radical (unpaired) electrons. The molecule has 0 fully saturated rings. The second-order valence-electron chi connectivity index (χ2n) is 4.36. The fourth-order valence-electron chi connectivity index (χ4n) is 1.62. The molecule has 6 N–H and O–H groups in total. The van der Waals surface area contributed by atoms with Crippen LogP contribution in [0.2, 0.25) is 0 Å². The minimum atomic E-state index is -1.89. The number of carboxylic acids is 1. The Balaban J connectivity index is 2.67. The van der Waals surface area contributed by atoms with Crippen LogP contribution in [0.15, 0.2) is 24.3 Å². The lowest BCUT2D eigenvalue weighted by Gasteiger charge is -2.20. The van der Waals surface area contributed by atoms with Crippen molar-refractivity contribution in [3.8, 4) is 0 Å². The van der Waals surface area contributed by atoms with Gasteiger partial charge in [-0.3, -0.25) is 4.79 Å². The van der Waals surface area contributed by atoms with Gasteiger partial charge in [0.1, 0.15) is 18.3 Å². The number of carbonyl (C=O) groups is 2. The molecule has 0 saturated carbocycles. The van der Waals surface area contributed by atoms with Crippen LogP contribution in [0.3, 0.4) is 0 Å². The number of hydrogen-bond donors (Lipinski definition) is 6. The van der Waals surface area contributed by atoms with Crippen molar-refractivity contribution in [2.24, 2.45) is 0 Å². The van der Waals surface area contributed by atoms with Gasteiger partial charge in [0.2, 0.25) is 0 Å². The molecule has 21 heavy (non-hydrogen) atoms. The van der Waals surface area contributed by atoms with Crippen molar-refractivity contribution in [3.05, 3.63) is 29.8 Å². The lowest BCUT2D eigenvalue weighted by atomic mass is 10.0. The first-order chi connectivity index (χ1) is 9.88. The molecular formula is C13H17NO7. The van der Waals surface area contributed by atoms with E-state index in [4.69, 9.17) is 15.3 Å². The Morgan fingerprint density at radius 3 is 2.33 bits per heavy atom. The van der Waals surface area contributed by atoms with Gasteiger partial charge in [0, 0.05) is 5.69 Å². The number of aliphatic hydroxyl groups excluding tert-OH is 4. The number of carboxylic acid groups (broad SMARTS) is 1. The van der Waals surface area contributed by atoms with Crippen LogP contribution in [0.5, 0.6) is 0 Å². The number of Topliss-reactive ketones (excluding diaryl/α,β-unsaturated/α-hetero) is 1. The van der Waals surface area contributed by atoms with E-state index >= 15 is 0 Å². The molecule has 0 unspecified atom stereocenters. The maximum Gasteiger partial charge on any atom is 0.337 e. The summed E-state index contributed by atoms with van der Waals surface area (Å²) in [6, 6.07) is 5.88. The van der Waals surface area contributed by atoms with E-state index in [1.165, 1.54) is 18.2 Å². The van der Waals surface area contributed by atoms with E-state index in [1.807, 2.05) is 0 Å². The predicted octanol–water partition coefficient (Wildman–Crippen LogP) is -1.56. The number of aromatic carboxylic acids is 1. The summed E-state index contributed by atoms with van der Waals surface area (Å²) in [6.07, 6.45) is -5.36. The van der Waals surface area contributed by atoms with Crippen LogP contribution in [-0.2, 0) is 4.79 Å². The normalized spacial score (nSPS) is 15.0. The summed E-state index contributed by atoms with van der Waals surface area (Å²) in [5.41, 5.74) is 0.137. The third-order valence-electron chi connectivity index (χ3n) is 2.85. The van der Waals surface area contributed by atoms with Gasteiger partial charge >= 0.3 is 5.97 Å². The number of benzene rings is 1. The zero-order valence-corrected chi connectivity index (χ0v) is 11.0. The van der Waals surface area contributed by atoms with E-state index in [-0.39, 0.29) is 11.3 Å². The van der Waals surface area contributed by atoms with Crippen LogP contribution in [0, 0.1) is 0 Å². The maximum atomic E-state index is 11.6. The van der Waals surface area contributed by atoms with E-state index in [1.54, 1.807) is 6.07 Å². The van der Waals surface area contributed by atoms with E-state index in [0.29, 0.717) is 0 Å². The highest BCUT2D eigenvalue weighted by Crippen LogP contribution is 2.14. The first kappa shape index (κ1) is 17.1. The van der Waals surface area contributed by atoms with Gasteiger partial charge in [-0.05, 0) is 12.1 Å². The molecule has 1 aromatic carbocycles. The minimum absolute atomic E-state index is 0.0456. The zero-order valence-electron chi connectivity index (χ0n) is 11.0. The first-order valence-electron chi connectivity index (χ1n) is 6.12. The lowest BCUT2D eigenvalue weighted by Crippen LogP contribution is -2.45. The van der Waals surface area contributed by atoms with Gasteiger partial charge < -0.3 is 30.8 Å². The SMILES string of the molecule is O=C(O)c1ccccc1NCC(=O)[C@@H](O)[C@H](O)[C@H](O)CO. The fraction of sp³-hybridized carbons (Fsp3) is 0.385. The number of ketones is 1. The average molecular weight is 299 g/mol. The lowest BCUT2D eigenvalue weighted by molar-refractivity contribution is -0.138. The Morgan fingerprint density at radius 2 is 1.76 bits per heavy atom. The second-order valence-corrected chi connectivity index (χ2v) is 4.36. The standard InChI is InChI=1S/C13H17NO7/c15-6-10(17)12(19)11(18)9(16)5-14-8-4-2-1-3-7(8)13(20)21/h1-4,10-12,14-15,17-19H,5-6H2,(H,20,21)/t10-,11-,12-/m1/s1. The van der Waals surface area contributed by atoms with Crippen molar-refractivity contribution in [1.29, 1.82) is 0 Å². The van der Waals surface area contributed by atoms with Gasteiger partial charge in [0.05, 0.1) is 18.7 Å². The van der Waals surface area contributed by atoms with Crippen LogP contribution >= 0.6 is 0 Å². The van der Waals surface area contributed by atoms with E-state index in [2.05, 4.69) is 5.32 Å². The molecule has 0 aromatic heterocycles. The van der Waals surface area contributed by atoms with E-state index in [9.17, 15) is 19.8 Å². The smallest absolute Gasteiger partial charge is 0.337 e. The minimum Gasteiger partial charge on any atom is -0.478 e. The summed E-state index contributed by atoms with van der Waals surface area (Å²) in [5, 5.41) is 48.2. The Kier molecular flexibility index (Phi) is 6.25. The molecule has 0 saturated heterocycles. The molecule has 0 spiro atoms. The molecule has 0 aliphatic rings. The van der Waals surface area contributed by atoms with Crippen molar-refractivity contribution in [3.63, 3.8) is 0 Å². The maximum absolute atomic E-state index is 11.6. The number of hydrogen-bond acceptors (Lipinski definition) is 7. The summed E-state index contributed by atoms with van der Waals surface area (Å²) >= 11 is 0. The van der Waals surface area contributed by atoms with Crippen molar-refractivity contribution >= 4 is 17.4 Å². The van der Waals surface area contributed by atoms with Crippen LogP contribution < -0.4 is 5.32 Å². The van der Waals surface area contributed by atoms with Crippen molar-refractivity contribution < 1.29 is 35.1 Å². The Hall–Kier alpha value is -2.00. The highest BCUT2D eigenvalue weighted by atomic mass is 16.4. The van der Waals surface area contributed by atoms with Crippen LogP contribution in [0.25, 0.3) is 0 Å². The molecule has 0 aliphatic carbocycles. The average Bonchev–Trinajstić information content (AvgIpc) is 2.50. The zero-order chi connectivity index (χ0) is 16.0. The molecule has 3 atom stereocenters. The number of nitrogens with one attached hydrogen (secondary N) is 1.